The predicted octanol–water partition coefficient (Wildman–Crippen LogP) is 2.69. The topological polar surface area (TPSA) is 0 Å². The standard InChI is InChI=1S/C11H16/c1-2-9-8(1)11(9)10-5-6-3-7(10)4-6/h6-11H,1-5H2. The average Bonchev–Trinajstić information content (AvgIpc) is 2.33. The normalized spacial score (nSPS) is 69.8. The van der Waals surface area contributed by atoms with Crippen molar-refractivity contribution in [1.29, 1.82) is 0 Å². The van der Waals surface area contributed by atoms with E-state index in [2.05, 4.69) is 0 Å². The lowest BCUT2D eigenvalue weighted by Crippen LogP contribution is -2.15. The van der Waals surface area contributed by atoms with Gasteiger partial charge in [-0.2, -0.15) is 0 Å². The highest BCUT2D eigenvalue weighted by Crippen LogP contribution is 2.70. The van der Waals surface area contributed by atoms with Crippen LogP contribution < -0.4 is 0 Å². The van der Waals surface area contributed by atoms with Gasteiger partial charge in [0.05, 0.1) is 0 Å². The zero-order valence-corrected chi connectivity index (χ0v) is 7.00. The van der Waals surface area contributed by atoms with Gasteiger partial charge in [0.15, 0.2) is 0 Å². The van der Waals surface area contributed by atoms with Crippen LogP contribution in [0.25, 0.3) is 0 Å². The van der Waals surface area contributed by atoms with Crippen LogP contribution in [0.1, 0.15) is 32.1 Å². The summed E-state index contributed by atoms with van der Waals surface area (Å²) >= 11 is 0. The molecule has 3 atom stereocenters. The van der Waals surface area contributed by atoms with Gasteiger partial charge in [0, 0.05) is 0 Å². The van der Waals surface area contributed by atoms with Crippen molar-refractivity contribution in [3.8, 4) is 0 Å². The minimum atomic E-state index is 1.20. The molecule has 5 aliphatic carbocycles. The van der Waals surface area contributed by atoms with Gasteiger partial charge in [-0.15, -0.1) is 0 Å². The van der Waals surface area contributed by atoms with Gasteiger partial charge < -0.3 is 0 Å². The van der Waals surface area contributed by atoms with Crippen LogP contribution in [-0.4, -0.2) is 0 Å². The summed E-state index contributed by atoms with van der Waals surface area (Å²) in [5.41, 5.74) is 0. The number of hydrogen-bond acceptors (Lipinski definition) is 0. The summed E-state index contributed by atoms with van der Waals surface area (Å²) in [6, 6.07) is 0. The summed E-state index contributed by atoms with van der Waals surface area (Å²) in [6.07, 6.45) is 8.09. The molecule has 0 aromatic rings. The molecule has 0 spiro atoms. The number of fused-ring (bicyclic) bond motifs is 2. The zero-order valence-electron chi connectivity index (χ0n) is 7.00. The van der Waals surface area contributed by atoms with E-state index in [0.717, 1.165) is 0 Å². The summed E-state index contributed by atoms with van der Waals surface area (Å²) < 4.78 is 0. The van der Waals surface area contributed by atoms with Crippen molar-refractivity contribution in [3.63, 3.8) is 0 Å². The Balaban J connectivity index is 1.58. The summed E-state index contributed by atoms with van der Waals surface area (Å²) in [6.45, 7) is 0. The largest absolute Gasteiger partial charge is 0.0496 e. The van der Waals surface area contributed by atoms with E-state index >= 15 is 0 Å². The van der Waals surface area contributed by atoms with Crippen LogP contribution in [-0.2, 0) is 0 Å². The fraction of sp³-hybridized carbons (Fsp3) is 1.00. The molecule has 0 heteroatoms. The lowest BCUT2D eigenvalue weighted by Gasteiger charge is -2.24. The van der Waals surface area contributed by atoms with E-state index in [1.54, 1.807) is 32.1 Å². The highest BCUT2D eigenvalue weighted by Gasteiger charge is 2.63. The quantitative estimate of drug-likeness (QED) is 0.536. The molecule has 60 valence electrons. The smallest absolute Gasteiger partial charge is 0.0321 e. The molecule has 0 aliphatic heterocycles. The Morgan fingerprint density at radius 1 is 0.727 bits per heavy atom. The van der Waals surface area contributed by atoms with Crippen LogP contribution in [0.3, 0.4) is 0 Å². The maximum atomic E-state index is 1.64. The van der Waals surface area contributed by atoms with E-state index in [-0.39, 0.29) is 0 Å². The third kappa shape index (κ3) is 0.522. The SMILES string of the molecule is C1C2CC1C(C1C3CCC31)C2. The molecule has 0 aromatic carbocycles. The van der Waals surface area contributed by atoms with Crippen molar-refractivity contribution in [1.82, 2.24) is 0 Å². The van der Waals surface area contributed by atoms with E-state index in [4.69, 9.17) is 0 Å². The molecular weight excluding hydrogens is 132 g/mol. The van der Waals surface area contributed by atoms with Crippen molar-refractivity contribution in [3.05, 3.63) is 0 Å². The van der Waals surface area contributed by atoms with Gasteiger partial charge in [0.25, 0.3) is 0 Å². The van der Waals surface area contributed by atoms with Gasteiger partial charge in [-0.3, -0.25) is 0 Å². The molecule has 0 N–H and O–H groups in total. The maximum Gasteiger partial charge on any atom is -0.0321 e. The minimum Gasteiger partial charge on any atom is -0.0496 e. The lowest BCUT2D eigenvalue weighted by atomic mass is 9.81. The highest BCUT2D eigenvalue weighted by molar-refractivity contribution is 5.12. The first-order valence-corrected chi connectivity index (χ1v) is 5.43. The second-order valence-corrected chi connectivity index (χ2v) is 5.48. The molecule has 0 aromatic heterocycles. The van der Waals surface area contributed by atoms with Crippen LogP contribution in [0.2, 0.25) is 0 Å². The first-order chi connectivity index (χ1) is 5.43. The van der Waals surface area contributed by atoms with E-state index in [1.165, 1.54) is 35.5 Å². The van der Waals surface area contributed by atoms with Crippen LogP contribution in [0.4, 0.5) is 0 Å². The number of rotatable bonds is 1. The molecule has 3 unspecified atom stereocenters. The highest BCUT2D eigenvalue weighted by atomic mass is 14.7. The Morgan fingerprint density at radius 3 is 1.91 bits per heavy atom. The summed E-state index contributed by atoms with van der Waals surface area (Å²) in [4.78, 5) is 0. The lowest BCUT2D eigenvalue weighted by molar-refractivity contribution is 0.259. The summed E-state index contributed by atoms with van der Waals surface area (Å²) in [5, 5.41) is 0. The van der Waals surface area contributed by atoms with E-state index in [0.29, 0.717) is 0 Å². The Morgan fingerprint density at radius 2 is 1.45 bits per heavy atom. The first-order valence-electron chi connectivity index (χ1n) is 5.43. The molecule has 0 heterocycles. The van der Waals surface area contributed by atoms with Gasteiger partial charge in [0.2, 0.25) is 0 Å². The van der Waals surface area contributed by atoms with Gasteiger partial charge in [-0.05, 0) is 67.6 Å². The van der Waals surface area contributed by atoms with Crippen molar-refractivity contribution in [2.24, 2.45) is 35.5 Å². The molecule has 11 heavy (non-hydrogen) atoms. The number of hydrogen-bond donors (Lipinski definition) is 0. The van der Waals surface area contributed by atoms with Crippen LogP contribution in [0, 0.1) is 35.5 Å². The van der Waals surface area contributed by atoms with Crippen LogP contribution in [0.5, 0.6) is 0 Å². The molecular formula is C11H16. The average molecular weight is 148 g/mol. The first kappa shape index (κ1) is 5.61. The van der Waals surface area contributed by atoms with Crippen molar-refractivity contribution >= 4 is 0 Å². The van der Waals surface area contributed by atoms with Gasteiger partial charge in [0.1, 0.15) is 0 Å². The van der Waals surface area contributed by atoms with Crippen molar-refractivity contribution in [2.75, 3.05) is 0 Å². The molecule has 0 radical (unpaired) electrons. The van der Waals surface area contributed by atoms with Crippen molar-refractivity contribution < 1.29 is 0 Å². The van der Waals surface area contributed by atoms with Gasteiger partial charge in [-0.25, -0.2) is 0 Å². The Bertz CT molecular complexity index is 192. The van der Waals surface area contributed by atoms with E-state index < -0.39 is 0 Å². The molecule has 0 saturated heterocycles. The molecule has 0 nitrogen and oxygen atoms in total. The predicted molar refractivity (Wildman–Crippen MR) is 44.0 cm³/mol. The van der Waals surface area contributed by atoms with Crippen molar-refractivity contribution in [2.45, 2.75) is 32.1 Å². The summed E-state index contributed by atoms with van der Waals surface area (Å²) in [5.74, 6) is 7.41. The second-order valence-electron chi connectivity index (χ2n) is 5.48. The zero-order chi connectivity index (χ0) is 7.00. The molecule has 5 fully saturated rings. The van der Waals surface area contributed by atoms with Gasteiger partial charge in [-0.1, -0.05) is 0 Å². The Hall–Kier alpha value is 0. The monoisotopic (exact) mass is 148 g/mol. The Labute approximate surface area is 68.4 Å². The molecule has 0 amide bonds. The molecule has 5 aliphatic rings. The Kier molecular flexibility index (Phi) is 0.781. The van der Waals surface area contributed by atoms with E-state index in [9.17, 15) is 0 Å². The third-order valence-corrected chi connectivity index (χ3v) is 5.21. The van der Waals surface area contributed by atoms with Crippen LogP contribution in [0.15, 0.2) is 0 Å². The fourth-order valence-electron chi connectivity index (χ4n) is 4.42. The third-order valence-electron chi connectivity index (χ3n) is 5.21. The fourth-order valence-corrected chi connectivity index (χ4v) is 4.42. The molecule has 5 saturated carbocycles. The summed E-state index contributed by atoms with van der Waals surface area (Å²) in [7, 11) is 0. The minimum absolute atomic E-state index is 1.20. The van der Waals surface area contributed by atoms with Gasteiger partial charge >= 0.3 is 0 Å². The molecule has 2 bridgehead atoms. The molecule has 5 rings (SSSR count). The van der Waals surface area contributed by atoms with E-state index in [1.807, 2.05) is 0 Å². The maximum absolute atomic E-state index is 1.64. The second kappa shape index (κ2) is 1.53. The van der Waals surface area contributed by atoms with Crippen LogP contribution >= 0.6 is 0 Å².